The van der Waals surface area contributed by atoms with Gasteiger partial charge >= 0.3 is 12.1 Å². The summed E-state index contributed by atoms with van der Waals surface area (Å²) in [4.78, 5) is 43.8. The van der Waals surface area contributed by atoms with Crippen molar-refractivity contribution < 1.29 is 14.4 Å². The maximum absolute atomic E-state index is 13.4. The molecule has 0 spiro atoms. The maximum atomic E-state index is 13.4. The van der Waals surface area contributed by atoms with E-state index in [1.54, 1.807) is 41.0 Å². The smallest absolute Gasteiger partial charge is 0.317 e. The number of carbonyl (C=O) groups is 3. The fourth-order valence-electron chi connectivity index (χ4n) is 4.94. The summed E-state index contributed by atoms with van der Waals surface area (Å²) in [5.41, 5.74) is 1.52. The van der Waals surface area contributed by atoms with Gasteiger partial charge in [0, 0.05) is 22.3 Å². The monoisotopic (exact) mass is 503 g/mol. The first-order chi connectivity index (χ1) is 15.7. The van der Waals surface area contributed by atoms with Crippen molar-refractivity contribution in [1.82, 2.24) is 9.80 Å². The lowest BCUT2D eigenvalue weighted by atomic mass is 10.1. The van der Waals surface area contributed by atoms with Crippen molar-refractivity contribution in [3.05, 3.63) is 56.5 Å². The van der Waals surface area contributed by atoms with E-state index in [2.05, 4.69) is 5.32 Å². The van der Waals surface area contributed by atoms with Gasteiger partial charge in [-0.25, -0.2) is 14.5 Å². The van der Waals surface area contributed by atoms with Crippen LogP contribution in [0.5, 0.6) is 0 Å². The van der Waals surface area contributed by atoms with Crippen LogP contribution >= 0.6 is 34.8 Å². The highest BCUT2D eigenvalue weighted by Gasteiger charge is 2.63. The molecule has 3 aliphatic rings. The number of piperazine rings is 1. The second-order valence-corrected chi connectivity index (χ2v) is 9.44. The van der Waals surface area contributed by atoms with Gasteiger partial charge in [-0.2, -0.15) is 5.26 Å². The van der Waals surface area contributed by atoms with Gasteiger partial charge in [0.15, 0.2) is 0 Å². The summed E-state index contributed by atoms with van der Waals surface area (Å²) >= 11 is 18.3. The molecule has 2 aromatic rings. The maximum Gasteiger partial charge on any atom is 0.332 e. The Bertz CT molecular complexity index is 1260. The number of amides is 5. The molecule has 2 bridgehead atoms. The molecule has 11 heteroatoms. The first kappa shape index (κ1) is 21.8. The number of benzene rings is 2. The van der Waals surface area contributed by atoms with Gasteiger partial charge in [0.1, 0.15) is 12.1 Å². The van der Waals surface area contributed by atoms with Crippen molar-refractivity contribution >= 4 is 64.1 Å². The van der Waals surface area contributed by atoms with Gasteiger partial charge in [-0.05, 0) is 49.2 Å². The number of carbonyl (C=O) groups excluding carboxylic acids is 3. The van der Waals surface area contributed by atoms with Crippen molar-refractivity contribution in [3.8, 4) is 6.07 Å². The Kier molecular flexibility index (Phi) is 5.16. The van der Waals surface area contributed by atoms with Gasteiger partial charge in [-0.1, -0.05) is 34.8 Å². The summed E-state index contributed by atoms with van der Waals surface area (Å²) in [6, 6.07) is 7.39. The second-order valence-electron chi connectivity index (χ2n) is 8.19. The van der Waals surface area contributed by atoms with E-state index in [0.29, 0.717) is 39.9 Å². The summed E-state index contributed by atoms with van der Waals surface area (Å²) in [6.07, 6.45) is 0.521. The van der Waals surface area contributed by atoms with E-state index in [1.807, 2.05) is 6.07 Å². The van der Waals surface area contributed by atoms with E-state index in [1.165, 1.54) is 6.07 Å². The fraction of sp³-hybridized carbons (Fsp3) is 0.273. The van der Waals surface area contributed by atoms with Gasteiger partial charge in [0.2, 0.25) is 0 Å². The first-order valence-electron chi connectivity index (χ1n) is 10.1. The number of nitrogens with zero attached hydrogens (tertiary/aromatic N) is 4. The molecule has 5 rings (SSSR count). The molecular weight excluding hydrogens is 489 g/mol. The van der Waals surface area contributed by atoms with E-state index in [0.717, 1.165) is 4.90 Å². The van der Waals surface area contributed by atoms with Crippen LogP contribution in [0.15, 0.2) is 30.3 Å². The normalized spacial score (nSPS) is 23.2. The molecule has 33 heavy (non-hydrogen) atoms. The third-order valence-electron chi connectivity index (χ3n) is 6.36. The molecule has 3 fully saturated rings. The second kappa shape index (κ2) is 7.80. The highest BCUT2D eigenvalue weighted by Crippen LogP contribution is 2.43. The molecule has 2 unspecified atom stereocenters. The quantitative estimate of drug-likeness (QED) is 0.602. The minimum Gasteiger partial charge on any atom is -0.317 e. The molecule has 2 aromatic carbocycles. The Morgan fingerprint density at radius 3 is 2.52 bits per heavy atom. The molecule has 3 aliphatic heterocycles. The Hall–Kier alpha value is -2.99. The van der Waals surface area contributed by atoms with Crippen LogP contribution in [0.2, 0.25) is 15.1 Å². The average Bonchev–Trinajstić information content (AvgIpc) is 3.41. The lowest BCUT2D eigenvalue weighted by molar-refractivity contribution is -0.120. The highest BCUT2D eigenvalue weighted by atomic mass is 35.5. The van der Waals surface area contributed by atoms with Crippen molar-refractivity contribution in [3.63, 3.8) is 0 Å². The fourth-order valence-corrected chi connectivity index (χ4v) is 5.67. The molecule has 8 nitrogen and oxygen atoms in total. The number of likely N-dealkylation sites (tertiary alicyclic amines) is 1. The molecule has 5 amide bonds. The number of fused-ring (bicyclic) bond motifs is 5. The summed E-state index contributed by atoms with van der Waals surface area (Å²) < 4.78 is 0. The molecular formula is C22H16Cl3N5O3. The number of nitriles is 1. The predicted octanol–water partition coefficient (Wildman–Crippen LogP) is 4.65. The van der Waals surface area contributed by atoms with Crippen molar-refractivity contribution in [2.24, 2.45) is 0 Å². The van der Waals surface area contributed by atoms with E-state index in [4.69, 9.17) is 34.8 Å². The summed E-state index contributed by atoms with van der Waals surface area (Å²) in [5, 5.41) is 12.9. The van der Waals surface area contributed by atoms with Crippen LogP contribution in [0.4, 0.5) is 21.0 Å². The molecule has 0 saturated carbocycles. The Morgan fingerprint density at radius 1 is 1.15 bits per heavy atom. The Balaban J connectivity index is 1.41. The zero-order valence-electron chi connectivity index (χ0n) is 17.2. The van der Waals surface area contributed by atoms with Crippen LogP contribution in [0.25, 0.3) is 0 Å². The zero-order chi connectivity index (χ0) is 23.6. The largest absolute Gasteiger partial charge is 0.332 e. The van der Waals surface area contributed by atoms with Gasteiger partial charge in [-0.15, -0.1) is 0 Å². The third-order valence-corrected chi connectivity index (χ3v) is 7.28. The van der Waals surface area contributed by atoms with Gasteiger partial charge < -0.3 is 15.1 Å². The number of hydrogen-bond acceptors (Lipinski definition) is 4. The number of hydrogen-bond donors (Lipinski definition) is 1. The zero-order valence-corrected chi connectivity index (χ0v) is 19.4. The minimum atomic E-state index is -0.779. The van der Waals surface area contributed by atoms with Crippen LogP contribution in [0.1, 0.15) is 17.5 Å². The Morgan fingerprint density at radius 2 is 1.85 bits per heavy atom. The number of urea groups is 2. The number of nitrogens with one attached hydrogen (secondary N) is 1. The predicted molar refractivity (Wildman–Crippen MR) is 124 cm³/mol. The van der Waals surface area contributed by atoms with Crippen molar-refractivity contribution in [2.45, 2.75) is 31.5 Å². The van der Waals surface area contributed by atoms with Gasteiger partial charge in [0.05, 0.1) is 28.4 Å². The number of anilines is 2. The van der Waals surface area contributed by atoms with Crippen LogP contribution in [0.3, 0.4) is 0 Å². The van der Waals surface area contributed by atoms with Gasteiger partial charge in [-0.3, -0.25) is 4.79 Å². The van der Waals surface area contributed by atoms with E-state index >= 15 is 0 Å². The van der Waals surface area contributed by atoms with E-state index in [9.17, 15) is 19.6 Å². The van der Waals surface area contributed by atoms with Crippen LogP contribution in [0, 0.1) is 18.3 Å². The molecule has 3 saturated heterocycles. The topological polar surface area (TPSA) is 96.8 Å². The average molecular weight is 505 g/mol. The summed E-state index contributed by atoms with van der Waals surface area (Å²) in [5.74, 6) is -0.417. The SMILES string of the molecule is Cc1c(N2C(=O)[C@H]3C4CC(CN4C(=O)Nc4cc(Cl)cc(Cl)c4)N3C2=O)ccc(C#N)c1Cl. The van der Waals surface area contributed by atoms with Gasteiger partial charge in [0.25, 0.3) is 5.91 Å². The lowest BCUT2D eigenvalue weighted by Gasteiger charge is -2.34. The van der Waals surface area contributed by atoms with Crippen LogP contribution < -0.4 is 10.2 Å². The molecule has 3 heterocycles. The molecule has 0 radical (unpaired) electrons. The van der Waals surface area contributed by atoms with E-state index < -0.39 is 30.1 Å². The minimum absolute atomic E-state index is 0.201. The van der Waals surface area contributed by atoms with Crippen molar-refractivity contribution in [1.29, 1.82) is 5.26 Å². The standard InChI is InChI=1S/C22H16Cl3N5O3/c1-10-16(3-2-11(8-26)18(10)25)30-20(31)19-17-7-15(29(19)22(30)33)9-28(17)21(32)27-14-5-12(23)4-13(24)6-14/h2-6,15,17,19H,7,9H2,1H3,(H,27,32)/t15?,17?,19-/m1/s1. The number of halogens is 3. The molecule has 168 valence electrons. The van der Waals surface area contributed by atoms with Crippen molar-refractivity contribution in [2.75, 3.05) is 16.8 Å². The summed E-state index contributed by atoms with van der Waals surface area (Å²) in [6.45, 7) is 1.97. The number of rotatable bonds is 2. The molecule has 0 aliphatic carbocycles. The van der Waals surface area contributed by atoms with Crippen LogP contribution in [-0.2, 0) is 4.79 Å². The highest BCUT2D eigenvalue weighted by molar-refractivity contribution is 6.35. The summed E-state index contributed by atoms with van der Waals surface area (Å²) in [7, 11) is 0. The molecule has 1 N–H and O–H groups in total. The molecule has 3 atom stereocenters. The molecule has 0 aromatic heterocycles. The Labute approximate surface area is 204 Å². The van der Waals surface area contributed by atoms with E-state index in [-0.39, 0.29) is 16.6 Å². The third kappa shape index (κ3) is 3.31. The first-order valence-corrected chi connectivity index (χ1v) is 11.2. The number of imide groups is 1. The lowest BCUT2D eigenvalue weighted by Crippen LogP contribution is -2.55. The van der Waals surface area contributed by atoms with Crippen LogP contribution in [-0.4, -0.2) is 52.4 Å².